The Morgan fingerprint density at radius 2 is 1.63 bits per heavy atom. The Morgan fingerprint density at radius 3 is 2.06 bits per heavy atom. The predicted molar refractivity (Wildman–Crippen MR) is 113 cm³/mol. The van der Waals surface area contributed by atoms with Gasteiger partial charge in [-0.25, -0.2) is 13.2 Å². The van der Waals surface area contributed by atoms with E-state index >= 15 is 0 Å². The van der Waals surface area contributed by atoms with Crippen molar-refractivity contribution >= 4 is 22.2 Å². The Labute approximate surface area is 198 Å². The normalized spacial score (nSPS) is 18.1. The molecule has 0 heterocycles. The molecular weight excluding hydrogens is 504 g/mol. The fraction of sp³-hybridized carbons (Fsp3) is 0.524. The van der Waals surface area contributed by atoms with Crippen molar-refractivity contribution in [2.45, 2.75) is 61.9 Å². The fourth-order valence-electron chi connectivity index (χ4n) is 3.89. The monoisotopic (exact) mass is 530 g/mol. The number of carbonyl (C=O) groups excluding carboxylic acids is 1. The number of hydrogen-bond donors (Lipinski definition) is 2. The number of nitrogens with one attached hydrogen (secondary N) is 1. The molecule has 0 spiro atoms. The van der Waals surface area contributed by atoms with E-state index in [2.05, 4.69) is 0 Å². The minimum Gasteiger partial charge on any atom is -0.464 e. The summed E-state index contributed by atoms with van der Waals surface area (Å²) in [5.41, 5.74) is -3.98. The van der Waals surface area contributed by atoms with Gasteiger partial charge in [0.1, 0.15) is 5.70 Å². The van der Waals surface area contributed by atoms with Crippen molar-refractivity contribution in [3.63, 3.8) is 0 Å². The van der Waals surface area contributed by atoms with Crippen LogP contribution < -0.4 is 5.32 Å². The van der Waals surface area contributed by atoms with Gasteiger partial charge in [-0.1, -0.05) is 0 Å². The topological polar surface area (TPSA) is 104 Å². The van der Waals surface area contributed by atoms with E-state index in [-0.39, 0.29) is 30.2 Å². The van der Waals surface area contributed by atoms with Gasteiger partial charge in [0.25, 0.3) is 0 Å². The maximum Gasteiger partial charge on any atom is 0.416 e. The number of allylic oxidation sites excluding steroid dienone is 1. The Hall–Kier alpha value is -2.45. The number of halogens is 6. The smallest absolute Gasteiger partial charge is 0.416 e. The fourth-order valence-corrected chi connectivity index (χ4v) is 5.33. The number of hydrogen-bond acceptors (Lipinski definition) is 5. The van der Waals surface area contributed by atoms with Gasteiger partial charge in [-0.05, 0) is 31.0 Å². The summed E-state index contributed by atoms with van der Waals surface area (Å²) in [4.78, 5) is 10.9. The van der Waals surface area contributed by atoms with Gasteiger partial charge in [0.2, 0.25) is 10.0 Å². The minimum absolute atomic E-state index is 0.148. The first-order valence-electron chi connectivity index (χ1n) is 10.3. The van der Waals surface area contributed by atoms with Crippen LogP contribution in [0.5, 0.6) is 0 Å². The van der Waals surface area contributed by atoms with Crippen LogP contribution >= 0.6 is 0 Å². The van der Waals surface area contributed by atoms with Crippen LogP contribution in [0.3, 0.4) is 0 Å². The molecule has 196 valence electrons. The summed E-state index contributed by atoms with van der Waals surface area (Å²) >= 11 is 0. The highest BCUT2D eigenvalue weighted by Gasteiger charge is 2.42. The van der Waals surface area contributed by atoms with Crippen molar-refractivity contribution in [2.75, 3.05) is 14.2 Å². The maximum atomic E-state index is 13.2. The number of methoxy groups -OCH3 is 1. The second-order valence-corrected chi connectivity index (χ2v) is 10.7. The summed E-state index contributed by atoms with van der Waals surface area (Å²) in [6.45, 7) is 3.11. The third-order valence-corrected chi connectivity index (χ3v) is 7.58. The molecule has 0 saturated carbocycles. The molecule has 1 aliphatic carbocycles. The molecular formula is C21H26F6N3O4S+. The lowest BCUT2D eigenvalue weighted by atomic mass is 9.90. The first-order valence-corrected chi connectivity index (χ1v) is 11.8. The van der Waals surface area contributed by atoms with Crippen molar-refractivity contribution in [2.24, 2.45) is 0 Å². The molecule has 0 fully saturated rings. The van der Waals surface area contributed by atoms with Gasteiger partial charge in [0, 0.05) is 39.1 Å². The van der Waals surface area contributed by atoms with Crippen LogP contribution in [0.4, 0.5) is 26.3 Å². The van der Waals surface area contributed by atoms with Crippen molar-refractivity contribution < 1.29 is 49.6 Å². The van der Waals surface area contributed by atoms with E-state index in [1.165, 1.54) is 12.4 Å². The second kappa shape index (κ2) is 9.90. The summed E-state index contributed by atoms with van der Waals surface area (Å²) < 4.78 is 111. The zero-order valence-electron chi connectivity index (χ0n) is 19.3. The van der Waals surface area contributed by atoms with Crippen molar-refractivity contribution in [3.8, 4) is 0 Å². The van der Waals surface area contributed by atoms with Crippen molar-refractivity contribution in [3.05, 3.63) is 40.6 Å². The van der Waals surface area contributed by atoms with Crippen molar-refractivity contribution in [1.82, 2.24) is 4.31 Å². The maximum absolute atomic E-state index is 13.2. The lowest BCUT2D eigenvalue weighted by Crippen LogP contribution is -2.96. The van der Waals surface area contributed by atoms with Gasteiger partial charge in [0.05, 0.1) is 29.2 Å². The van der Waals surface area contributed by atoms with E-state index in [4.69, 9.17) is 10.1 Å². The number of benzene rings is 1. The number of sulfonamides is 1. The van der Waals surface area contributed by atoms with Gasteiger partial charge in [-0.15, -0.1) is 0 Å². The number of alkyl halides is 6. The van der Waals surface area contributed by atoms with Crippen LogP contribution in [0.25, 0.3) is 0 Å². The molecule has 1 aromatic rings. The summed E-state index contributed by atoms with van der Waals surface area (Å²) in [5.74, 6) is -0.582. The molecule has 1 atom stereocenters. The van der Waals surface area contributed by atoms with Gasteiger partial charge in [0.15, 0.2) is 5.54 Å². The van der Waals surface area contributed by atoms with E-state index in [0.29, 0.717) is 22.8 Å². The zero-order chi connectivity index (χ0) is 27.0. The number of likely N-dealkylation sites (N-methyl/N-ethyl adjacent to an activating group) is 1. The number of rotatable bonds is 7. The Balaban J connectivity index is 2.58. The van der Waals surface area contributed by atoms with E-state index in [1.807, 2.05) is 0 Å². The molecule has 1 aliphatic rings. The number of esters is 1. The van der Waals surface area contributed by atoms with E-state index in [0.717, 1.165) is 13.3 Å². The number of quaternary nitrogens is 1. The van der Waals surface area contributed by atoms with Crippen LogP contribution in [-0.4, -0.2) is 50.6 Å². The lowest BCUT2D eigenvalue weighted by Gasteiger charge is -2.33. The Morgan fingerprint density at radius 1 is 1.11 bits per heavy atom. The molecule has 35 heavy (non-hydrogen) atoms. The molecule has 0 saturated heterocycles. The Kier molecular flexibility index (Phi) is 8.14. The third-order valence-electron chi connectivity index (χ3n) is 5.73. The predicted octanol–water partition coefficient (Wildman–Crippen LogP) is 3.32. The minimum atomic E-state index is -5.21. The molecule has 2 rings (SSSR count). The van der Waals surface area contributed by atoms with Crippen molar-refractivity contribution in [1.29, 1.82) is 5.41 Å². The van der Waals surface area contributed by atoms with Gasteiger partial charge >= 0.3 is 18.3 Å². The standard InChI is InChI=1S/C21H25F6N3O4S/c1-19(2,18(31)34-4)29-16-6-5-7-17(15(16)11-28)30(3)35(32,33)14-9-12(20(22,23)24)8-13(10-14)21(25,26)27/h8-11,17,28-29H,5-7H2,1-4H3/p+1/t17-/m1/s1. The highest BCUT2D eigenvalue weighted by atomic mass is 32.2. The molecule has 0 aromatic heterocycles. The number of nitrogens with zero attached hydrogens (tertiary/aromatic N) is 1. The van der Waals surface area contributed by atoms with Crippen LogP contribution in [0.15, 0.2) is 34.4 Å². The summed E-state index contributed by atoms with van der Waals surface area (Å²) in [6, 6.07) is -0.879. The molecule has 0 bridgehead atoms. The first kappa shape index (κ1) is 28.8. The summed E-state index contributed by atoms with van der Waals surface area (Å²) in [6.07, 6.45) is -8.59. The third kappa shape index (κ3) is 6.22. The highest BCUT2D eigenvalue weighted by Crippen LogP contribution is 2.38. The van der Waals surface area contributed by atoms with Gasteiger partial charge < -0.3 is 15.5 Å². The zero-order valence-corrected chi connectivity index (χ0v) is 20.2. The van der Waals surface area contributed by atoms with E-state index in [9.17, 15) is 39.6 Å². The second-order valence-electron chi connectivity index (χ2n) is 8.65. The number of ether oxygens (including phenoxy) is 1. The average Bonchev–Trinajstić information content (AvgIpc) is 2.75. The molecule has 0 aliphatic heterocycles. The number of carbonyl (C=O) groups is 1. The SMILES string of the molecule is COC(=O)C(C)(C)[NH2+]C1=C(C=N)[C@H](N(C)S(=O)(=O)c2cc(C(F)(F)F)cc(C(F)(F)F)c2)CCC1. The largest absolute Gasteiger partial charge is 0.464 e. The quantitative estimate of drug-likeness (QED) is 0.321. The molecule has 3 N–H and O–H groups in total. The average molecular weight is 531 g/mol. The van der Waals surface area contributed by atoms with Crippen LogP contribution in [0.2, 0.25) is 0 Å². The molecule has 0 amide bonds. The summed E-state index contributed by atoms with van der Waals surface area (Å²) in [7, 11) is -2.62. The van der Waals surface area contributed by atoms with Gasteiger partial charge in [-0.2, -0.15) is 30.6 Å². The molecule has 1 aromatic carbocycles. The first-order chi connectivity index (χ1) is 15.9. The van der Waals surface area contributed by atoms with Crippen LogP contribution in [0.1, 0.15) is 44.2 Å². The summed E-state index contributed by atoms with van der Waals surface area (Å²) in [5, 5.41) is 9.34. The molecule has 0 unspecified atom stereocenters. The Bertz CT molecular complexity index is 1090. The highest BCUT2D eigenvalue weighted by molar-refractivity contribution is 7.89. The molecule has 7 nitrogen and oxygen atoms in total. The van der Waals surface area contributed by atoms with E-state index < -0.39 is 55.9 Å². The van der Waals surface area contributed by atoms with E-state index in [1.54, 1.807) is 13.8 Å². The van der Waals surface area contributed by atoms with Crippen LogP contribution in [0, 0.1) is 5.41 Å². The van der Waals surface area contributed by atoms with Gasteiger partial charge in [-0.3, -0.25) is 0 Å². The molecule has 0 radical (unpaired) electrons. The van der Waals surface area contributed by atoms with Crippen LogP contribution in [-0.2, 0) is 31.9 Å². The lowest BCUT2D eigenvalue weighted by molar-refractivity contribution is -0.666. The number of nitrogens with two attached hydrogens (primary N) is 1. The molecule has 14 heteroatoms.